The topological polar surface area (TPSA) is 113 Å². The quantitative estimate of drug-likeness (QED) is 0.428. The van der Waals surface area contributed by atoms with E-state index in [1.165, 1.54) is 23.1 Å². The van der Waals surface area contributed by atoms with E-state index < -0.39 is 28.2 Å². The standard InChI is InChI=1S/C25H24N4O5/c1-3-14-6-4-7-16-21(14)26-24(32)25(16)20-19(18-8-5-11-27(18)25)22(30)28(23(20)31)17-10-9-15(29(33)34)12-13(17)2/h4,6-7,9-10,12,18-20H,3,5,8,11H2,1-2H3,(H,26,32)/t18-,19-,20+,25+/m1/s1. The second-order valence-electron chi connectivity index (χ2n) is 9.56. The third-order valence-corrected chi connectivity index (χ3v) is 8.13. The van der Waals surface area contributed by atoms with Gasteiger partial charge in [-0.1, -0.05) is 25.1 Å². The van der Waals surface area contributed by atoms with E-state index >= 15 is 0 Å². The molecule has 1 N–H and O–H groups in total. The highest BCUT2D eigenvalue weighted by atomic mass is 16.6. The molecule has 2 aromatic carbocycles. The van der Waals surface area contributed by atoms with Crippen molar-refractivity contribution in [3.8, 4) is 0 Å². The van der Waals surface area contributed by atoms with Gasteiger partial charge in [0.2, 0.25) is 17.7 Å². The Balaban J connectivity index is 1.53. The lowest BCUT2D eigenvalue weighted by atomic mass is 9.75. The minimum absolute atomic E-state index is 0.102. The predicted octanol–water partition coefficient (Wildman–Crippen LogP) is 2.90. The van der Waals surface area contributed by atoms with Crippen LogP contribution >= 0.6 is 0 Å². The molecule has 6 rings (SSSR count). The molecular formula is C25H24N4O5. The van der Waals surface area contributed by atoms with Crippen LogP contribution in [0, 0.1) is 28.9 Å². The summed E-state index contributed by atoms with van der Waals surface area (Å²) in [7, 11) is 0. The van der Waals surface area contributed by atoms with Crippen LogP contribution in [0.2, 0.25) is 0 Å². The van der Waals surface area contributed by atoms with Crippen LogP contribution in [0.3, 0.4) is 0 Å². The first-order valence-electron chi connectivity index (χ1n) is 11.7. The zero-order valence-electron chi connectivity index (χ0n) is 18.9. The van der Waals surface area contributed by atoms with E-state index in [0.29, 0.717) is 17.8 Å². The lowest BCUT2D eigenvalue weighted by molar-refractivity contribution is -0.384. The number of benzene rings is 2. The summed E-state index contributed by atoms with van der Waals surface area (Å²) in [6, 6.07) is 9.72. The molecule has 0 unspecified atom stereocenters. The van der Waals surface area contributed by atoms with Crippen LogP contribution in [0.15, 0.2) is 36.4 Å². The Bertz CT molecular complexity index is 1310. The normalized spacial score (nSPS) is 29.5. The molecule has 0 aromatic heterocycles. The van der Waals surface area contributed by atoms with Crippen molar-refractivity contribution < 1.29 is 19.3 Å². The van der Waals surface area contributed by atoms with E-state index in [1.54, 1.807) is 6.92 Å². The summed E-state index contributed by atoms with van der Waals surface area (Å²) < 4.78 is 0. The molecule has 9 heteroatoms. The molecule has 1 spiro atoms. The Labute approximate surface area is 195 Å². The SMILES string of the molecule is CCc1cccc2c1NC(=O)[C@@]21[C@@H]2C(=O)N(c3ccc([N+](=O)[O-])cc3C)C(=O)[C@@H]2[C@H]2CCCN21. The fourth-order valence-corrected chi connectivity index (χ4v) is 6.83. The number of fused-ring (bicyclic) bond motifs is 7. The molecule has 0 aliphatic carbocycles. The van der Waals surface area contributed by atoms with Gasteiger partial charge in [0, 0.05) is 29.4 Å². The van der Waals surface area contributed by atoms with Gasteiger partial charge in [-0.3, -0.25) is 29.4 Å². The van der Waals surface area contributed by atoms with Crippen molar-refractivity contribution in [2.45, 2.75) is 44.7 Å². The minimum atomic E-state index is -1.22. The lowest BCUT2D eigenvalue weighted by Crippen LogP contribution is -2.54. The van der Waals surface area contributed by atoms with Crippen LogP contribution < -0.4 is 10.2 Å². The number of nitrogens with zero attached hydrogens (tertiary/aromatic N) is 3. The van der Waals surface area contributed by atoms with Gasteiger partial charge in [0.05, 0.1) is 22.4 Å². The van der Waals surface area contributed by atoms with Crippen LogP contribution in [-0.2, 0) is 26.3 Å². The molecular weight excluding hydrogens is 436 g/mol. The third kappa shape index (κ3) is 2.34. The zero-order chi connectivity index (χ0) is 23.9. The summed E-state index contributed by atoms with van der Waals surface area (Å²) in [4.78, 5) is 55.6. The smallest absolute Gasteiger partial charge is 0.269 e. The second-order valence-corrected chi connectivity index (χ2v) is 9.56. The van der Waals surface area contributed by atoms with Gasteiger partial charge in [-0.2, -0.15) is 0 Å². The molecule has 4 aliphatic heterocycles. The first-order chi connectivity index (χ1) is 16.3. The lowest BCUT2D eigenvalue weighted by Gasteiger charge is -2.36. The number of hydrogen-bond donors (Lipinski definition) is 1. The van der Waals surface area contributed by atoms with E-state index in [2.05, 4.69) is 10.2 Å². The number of nitro benzene ring substituents is 1. The van der Waals surface area contributed by atoms with Gasteiger partial charge in [-0.25, -0.2) is 4.90 Å². The Morgan fingerprint density at radius 1 is 1.18 bits per heavy atom. The van der Waals surface area contributed by atoms with Gasteiger partial charge in [-0.05, 0) is 49.9 Å². The van der Waals surface area contributed by atoms with Gasteiger partial charge < -0.3 is 5.32 Å². The van der Waals surface area contributed by atoms with E-state index in [-0.39, 0.29) is 23.5 Å². The number of anilines is 2. The predicted molar refractivity (Wildman–Crippen MR) is 123 cm³/mol. The fraction of sp³-hybridized carbons (Fsp3) is 0.400. The van der Waals surface area contributed by atoms with Crippen LogP contribution in [0.25, 0.3) is 0 Å². The van der Waals surface area contributed by atoms with Gasteiger partial charge >= 0.3 is 0 Å². The molecule has 3 amide bonds. The number of rotatable bonds is 3. The summed E-state index contributed by atoms with van der Waals surface area (Å²) in [5.74, 6) is -2.45. The number of non-ortho nitro benzene ring substituents is 1. The highest BCUT2D eigenvalue weighted by Gasteiger charge is 2.74. The largest absolute Gasteiger partial charge is 0.324 e. The molecule has 9 nitrogen and oxygen atoms in total. The van der Waals surface area contributed by atoms with E-state index in [4.69, 9.17) is 0 Å². The number of aryl methyl sites for hydroxylation is 2. The Morgan fingerprint density at radius 3 is 2.68 bits per heavy atom. The van der Waals surface area contributed by atoms with Crippen molar-refractivity contribution >= 4 is 34.8 Å². The molecule has 4 aliphatic rings. The van der Waals surface area contributed by atoms with Crippen molar-refractivity contribution in [1.82, 2.24) is 4.90 Å². The first kappa shape index (κ1) is 21.0. The second kappa shape index (κ2) is 6.96. The van der Waals surface area contributed by atoms with Gasteiger partial charge in [0.15, 0.2) is 0 Å². The molecule has 3 saturated heterocycles. The van der Waals surface area contributed by atoms with E-state index in [0.717, 1.165) is 36.1 Å². The fourth-order valence-electron chi connectivity index (χ4n) is 6.83. The maximum Gasteiger partial charge on any atom is 0.269 e. The van der Waals surface area contributed by atoms with Crippen LogP contribution in [0.5, 0.6) is 0 Å². The molecule has 3 fully saturated rings. The maximum absolute atomic E-state index is 14.0. The molecule has 0 bridgehead atoms. The first-order valence-corrected chi connectivity index (χ1v) is 11.7. The molecule has 4 heterocycles. The molecule has 2 aromatic rings. The van der Waals surface area contributed by atoms with E-state index in [9.17, 15) is 24.5 Å². The van der Waals surface area contributed by atoms with Gasteiger partial charge in [0.25, 0.3) is 5.69 Å². The zero-order valence-corrected chi connectivity index (χ0v) is 18.9. The number of carbonyl (C=O) groups is 3. The average molecular weight is 460 g/mol. The van der Waals surface area contributed by atoms with Crippen molar-refractivity contribution in [2.75, 3.05) is 16.8 Å². The third-order valence-electron chi connectivity index (χ3n) is 8.13. The minimum Gasteiger partial charge on any atom is -0.324 e. The van der Waals surface area contributed by atoms with Crippen molar-refractivity contribution in [1.29, 1.82) is 0 Å². The highest BCUT2D eigenvalue weighted by Crippen LogP contribution is 2.61. The summed E-state index contributed by atoms with van der Waals surface area (Å²) in [6.45, 7) is 4.32. The number of nitrogens with one attached hydrogen (secondary N) is 1. The van der Waals surface area contributed by atoms with Crippen molar-refractivity contribution in [2.24, 2.45) is 11.8 Å². The summed E-state index contributed by atoms with van der Waals surface area (Å²) >= 11 is 0. The molecule has 34 heavy (non-hydrogen) atoms. The maximum atomic E-state index is 14.0. The van der Waals surface area contributed by atoms with Crippen LogP contribution in [-0.4, -0.2) is 40.1 Å². The number of hydrogen-bond acceptors (Lipinski definition) is 6. The number of imide groups is 1. The Kier molecular flexibility index (Phi) is 4.29. The summed E-state index contributed by atoms with van der Waals surface area (Å²) in [6.07, 6.45) is 2.33. The number of carbonyl (C=O) groups excluding carboxylic acids is 3. The highest BCUT2D eigenvalue weighted by molar-refractivity contribution is 6.26. The molecule has 174 valence electrons. The molecule has 4 atom stereocenters. The van der Waals surface area contributed by atoms with Crippen LogP contribution in [0.4, 0.5) is 17.1 Å². The van der Waals surface area contributed by atoms with Gasteiger partial charge in [-0.15, -0.1) is 0 Å². The average Bonchev–Trinajstić information content (AvgIpc) is 3.52. The van der Waals surface area contributed by atoms with Gasteiger partial charge in [0.1, 0.15) is 5.54 Å². The summed E-state index contributed by atoms with van der Waals surface area (Å²) in [5.41, 5.74) is 2.03. The molecule has 0 saturated carbocycles. The monoisotopic (exact) mass is 460 g/mol. The van der Waals surface area contributed by atoms with Crippen molar-refractivity contribution in [3.63, 3.8) is 0 Å². The van der Waals surface area contributed by atoms with Crippen LogP contribution in [0.1, 0.15) is 36.5 Å². The Hall–Kier alpha value is -3.59. The number of nitro groups is 1. The van der Waals surface area contributed by atoms with E-state index in [1.807, 2.05) is 25.1 Å². The number of para-hydroxylation sites is 1. The Morgan fingerprint density at radius 2 is 1.97 bits per heavy atom. The molecule has 0 radical (unpaired) electrons. The number of amides is 3. The summed E-state index contributed by atoms with van der Waals surface area (Å²) in [5, 5.41) is 14.2. The van der Waals surface area contributed by atoms with Crippen molar-refractivity contribution in [3.05, 3.63) is 63.2 Å².